The van der Waals surface area contributed by atoms with Crippen molar-refractivity contribution in [3.63, 3.8) is 0 Å². The Morgan fingerprint density at radius 3 is 2.90 bits per heavy atom. The predicted octanol–water partition coefficient (Wildman–Crippen LogP) is 1.06. The van der Waals surface area contributed by atoms with Crippen molar-refractivity contribution in [2.45, 2.75) is 13.0 Å². The van der Waals surface area contributed by atoms with E-state index in [1.807, 2.05) is 6.07 Å². The number of halogens is 1. The first-order valence-corrected chi connectivity index (χ1v) is 8.05. The fraction of sp³-hybridized carbons (Fsp3) is 0.462. The van der Waals surface area contributed by atoms with Crippen LogP contribution in [0.2, 0.25) is 0 Å². The molecule has 2 heterocycles. The summed E-state index contributed by atoms with van der Waals surface area (Å²) in [6.07, 6.45) is 0.0511. The van der Waals surface area contributed by atoms with Gasteiger partial charge in [0.05, 0.1) is 5.75 Å². The SMILES string of the molecule is O=C1CC(CS(=O)(=O)F)CN1Cc1cccc2c1OCO2. The summed E-state index contributed by atoms with van der Waals surface area (Å²) < 4.78 is 44.7. The minimum atomic E-state index is -4.56. The van der Waals surface area contributed by atoms with Crippen molar-refractivity contribution in [2.24, 2.45) is 5.92 Å². The van der Waals surface area contributed by atoms with Gasteiger partial charge in [-0.05, 0) is 6.07 Å². The molecule has 1 fully saturated rings. The number of rotatable bonds is 4. The normalized spacial score (nSPS) is 21.1. The van der Waals surface area contributed by atoms with Gasteiger partial charge in [-0.1, -0.05) is 12.1 Å². The van der Waals surface area contributed by atoms with E-state index in [2.05, 4.69) is 0 Å². The molecule has 2 aliphatic heterocycles. The van der Waals surface area contributed by atoms with Crippen molar-refractivity contribution in [3.8, 4) is 11.5 Å². The molecule has 1 unspecified atom stereocenters. The zero-order valence-corrected chi connectivity index (χ0v) is 11.9. The molecular weight excluding hydrogens is 301 g/mol. The van der Waals surface area contributed by atoms with Crippen LogP contribution >= 0.6 is 0 Å². The van der Waals surface area contributed by atoms with Crippen LogP contribution in [0, 0.1) is 5.92 Å². The Morgan fingerprint density at radius 1 is 1.33 bits per heavy atom. The molecule has 0 bridgehead atoms. The molecule has 0 radical (unpaired) electrons. The van der Waals surface area contributed by atoms with E-state index < -0.39 is 21.9 Å². The van der Waals surface area contributed by atoms with Crippen LogP contribution in [0.3, 0.4) is 0 Å². The molecule has 114 valence electrons. The van der Waals surface area contributed by atoms with Crippen LogP contribution in [-0.4, -0.2) is 38.3 Å². The number of nitrogens with zero attached hydrogens (tertiary/aromatic N) is 1. The van der Waals surface area contributed by atoms with Crippen molar-refractivity contribution in [1.29, 1.82) is 0 Å². The number of likely N-dealkylation sites (tertiary alicyclic amines) is 1. The molecule has 6 nitrogen and oxygen atoms in total. The molecule has 0 N–H and O–H groups in total. The maximum atomic E-state index is 12.7. The predicted molar refractivity (Wildman–Crippen MR) is 71.0 cm³/mol. The van der Waals surface area contributed by atoms with Crippen LogP contribution in [0.5, 0.6) is 11.5 Å². The number of fused-ring (bicyclic) bond motifs is 1. The zero-order chi connectivity index (χ0) is 15.0. The number of amides is 1. The molecule has 1 aromatic carbocycles. The van der Waals surface area contributed by atoms with Gasteiger partial charge in [-0.25, -0.2) is 0 Å². The highest BCUT2D eigenvalue weighted by atomic mass is 32.3. The highest BCUT2D eigenvalue weighted by Gasteiger charge is 2.33. The van der Waals surface area contributed by atoms with Gasteiger partial charge in [0.25, 0.3) is 0 Å². The first-order chi connectivity index (χ1) is 9.92. The summed E-state index contributed by atoms with van der Waals surface area (Å²) in [6, 6.07) is 5.39. The van der Waals surface area contributed by atoms with E-state index in [0.717, 1.165) is 5.56 Å². The average molecular weight is 315 g/mol. The van der Waals surface area contributed by atoms with E-state index in [-0.39, 0.29) is 25.7 Å². The Balaban J connectivity index is 1.72. The number of carbonyl (C=O) groups excluding carboxylic acids is 1. The van der Waals surface area contributed by atoms with Gasteiger partial charge in [-0.3, -0.25) is 4.79 Å². The Labute approximate surface area is 121 Å². The monoisotopic (exact) mass is 315 g/mol. The highest BCUT2D eigenvalue weighted by molar-refractivity contribution is 7.86. The average Bonchev–Trinajstić information content (AvgIpc) is 2.95. The molecule has 1 saturated heterocycles. The topological polar surface area (TPSA) is 72.9 Å². The van der Waals surface area contributed by atoms with Crippen LogP contribution in [0.1, 0.15) is 12.0 Å². The van der Waals surface area contributed by atoms with Gasteiger partial charge in [0.1, 0.15) is 0 Å². The summed E-state index contributed by atoms with van der Waals surface area (Å²) in [7, 11) is -4.56. The van der Waals surface area contributed by atoms with Crippen LogP contribution < -0.4 is 9.47 Å². The molecule has 0 saturated carbocycles. The van der Waals surface area contributed by atoms with E-state index in [9.17, 15) is 17.1 Å². The van der Waals surface area contributed by atoms with Crippen molar-refractivity contribution in [2.75, 3.05) is 19.1 Å². The third-order valence-electron chi connectivity index (χ3n) is 3.57. The number of carbonyl (C=O) groups is 1. The molecule has 1 atom stereocenters. The summed E-state index contributed by atoms with van der Waals surface area (Å²) in [5.74, 6) is -0.0580. The molecule has 1 amide bonds. The van der Waals surface area contributed by atoms with Crippen LogP contribution in [0.4, 0.5) is 3.89 Å². The highest BCUT2D eigenvalue weighted by Crippen LogP contribution is 2.36. The van der Waals surface area contributed by atoms with Crippen molar-refractivity contribution in [3.05, 3.63) is 23.8 Å². The second kappa shape index (κ2) is 5.18. The molecule has 8 heteroatoms. The third-order valence-corrected chi connectivity index (χ3v) is 4.44. The molecular formula is C13H14FNO5S. The standard InChI is InChI=1S/C13H14FNO5S/c14-21(17,18)7-9-4-12(16)15(5-9)6-10-2-1-3-11-13(10)20-8-19-11/h1-3,9H,4-8H2. The second-order valence-electron chi connectivity index (χ2n) is 5.20. The van der Waals surface area contributed by atoms with E-state index in [1.165, 1.54) is 4.90 Å². The summed E-state index contributed by atoms with van der Waals surface area (Å²) in [5, 5.41) is 0. The lowest BCUT2D eigenvalue weighted by Crippen LogP contribution is -2.25. The number of hydrogen-bond donors (Lipinski definition) is 0. The molecule has 1 aromatic rings. The van der Waals surface area contributed by atoms with Crippen LogP contribution in [-0.2, 0) is 21.6 Å². The smallest absolute Gasteiger partial charge is 0.302 e. The number of para-hydroxylation sites is 1. The third kappa shape index (κ3) is 3.10. The van der Waals surface area contributed by atoms with Crippen LogP contribution in [0.25, 0.3) is 0 Å². The number of benzene rings is 1. The van der Waals surface area contributed by atoms with Crippen molar-refractivity contribution < 1.29 is 26.6 Å². The van der Waals surface area contributed by atoms with E-state index >= 15 is 0 Å². The molecule has 2 aliphatic rings. The lowest BCUT2D eigenvalue weighted by molar-refractivity contribution is -0.128. The largest absolute Gasteiger partial charge is 0.454 e. The Morgan fingerprint density at radius 2 is 2.14 bits per heavy atom. The van der Waals surface area contributed by atoms with Crippen molar-refractivity contribution in [1.82, 2.24) is 4.90 Å². The van der Waals surface area contributed by atoms with Gasteiger partial charge in [0, 0.05) is 31.0 Å². The molecule has 0 aromatic heterocycles. The van der Waals surface area contributed by atoms with Gasteiger partial charge in [0.2, 0.25) is 12.7 Å². The number of hydrogen-bond acceptors (Lipinski definition) is 5. The Hall–Kier alpha value is -1.83. The Kier molecular flexibility index (Phi) is 3.48. The lowest BCUT2D eigenvalue weighted by atomic mass is 10.1. The fourth-order valence-corrected chi connectivity index (χ4v) is 3.51. The molecule has 3 rings (SSSR count). The maximum absolute atomic E-state index is 12.7. The molecule has 21 heavy (non-hydrogen) atoms. The minimum Gasteiger partial charge on any atom is -0.454 e. The van der Waals surface area contributed by atoms with Gasteiger partial charge in [0.15, 0.2) is 11.5 Å². The quantitative estimate of drug-likeness (QED) is 0.777. The van der Waals surface area contributed by atoms with Gasteiger partial charge in [-0.15, -0.1) is 3.89 Å². The molecule has 0 aliphatic carbocycles. The van der Waals surface area contributed by atoms with Gasteiger partial charge in [-0.2, -0.15) is 8.42 Å². The van der Waals surface area contributed by atoms with Crippen LogP contribution in [0.15, 0.2) is 18.2 Å². The van der Waals surface area contributed by atoms with Gasteiger partial charge < -0.3 is 14.4 Å². The fourth-order valence-electron chi connectivity index (χ4n) is 2.72. The van der Waals surface area contributed by atoms with E-state index in [4.69, 9.17) is 9.47 Å². The van der Waals surface area contributed by atoms with Crippen molar-refractivity contribution >= 4 is 16.1 Å². The lowest BCUT2D eigenvalue weighted by Gasteiger charge is -2.17. The first-order valence-electron chi connectivity index (χ1n) is 6.50. The summed E-state index contributed by atoms with van der Waals surface area (Å²) >= 11 is 0. The number of ether oxygens (including phenoxy) is 2. The molecule has 0 spiro atoms. The van der Waals surface area contributed by atoms with E-state index in [0.29, 0.717) is 18.0 Å². The first kappa shape index (κ1) is 14.1. The second-order valence-corrected chi connectivity index (χ2v) is 6.61. The van der Waals surface area contributed by atoms with Gasteiger partial charge >= 0.3 is 10.2 Å². The zero-order valence-electron chi connectivity index (χ0n) is 11.1. The summed E-state index contributed by atoms with van der Waals surface area (Å²) in [5.41, 5.74) is 0.794. The van der Waals surface area contributed by atoms with E-state index in [1.54, 1.807) is 12.1 Å². The maximum Gasteiger partial charge on any atom is 0.302 e. The Bertz CT molecular complexity index is 675. The summed E-state index contributed by atoms with van der Waals surface area (Å²) in [4.78, 5) is 13.4. The summed E-state index contributed by atoms with van der Waals surface area (Å²) in [6.45, 7) is 0.670. The minimum absolute atomic E-state index is 0.0511.